The fourth-order valence-electron chi connectivity index (χ4n) is 2.54. The summed E-state index contributed by atoms with van der Waals surface area (Å²) in [6.45, 7) is 1.67. The normalized spacial score (nSPS) is 17.5. The highest BCUT2D eigenvalue weighted by molar-refractivity contribution is 7.92. The van der Waals surface area contributed by atoms with Crippen molar-refractivity contribution in [2.75, 3.05) is 18.8 Å². The molecule has 0 atom stereocenters. The first-order chi connectivity index (χ1) is 10.3. The summed E-state index contributed by atoms with van der Waals surface area (Å²) in [4.78, 5) is 0.207. The molecule has 7 heteroatoms. The summed E-state index contributed by atoms with van der Waals surface area (Å²) in [5, 5.41) is 1.24. The van der Waals surface area contributed by atoms with Crippen molar-refractivity contribution >= 4 is 30.6 Å². The van der Waals surface area contributed by atoms with Crippen molar-refractivity contribution in [3.63, 3.8) is 0 Å². The summed E-state index contributed by atoms with van der Waals surface area (Å²) in [5.74, 6) is 0.0432. The predicted molar refractivity (Wildman–Crippen MR) is 86.0 cm³/mol. The lowest BCUT2D eigenvalue weighted by atomic mass is 10.1. The van der Waals surface area contributed by atoms with Gasteiger partial charge in [0.25, 0.3) is 0 Å². The summed E-state index contributed by atoms with van der Waals surface area (Å²) in [7, 11) is -6.80. The number of nitrogens with zero attached hydrogens (tertiary/aromatic N) is 1. The van der Waals surface area contributed by atoms with Crippen molar-refractivity contribution in [2.24, 2.45) is 0 Å². The lowest BCUT2D eigenvalue weighted by molar-refractivity contribution is 0.310. The molecule has 0 N–H and O–H groups in total. The van der Waals surface area contributed by atoms with Crippen LogP contribution in [0.4, 0.5) is 0 Å². The van der Waals surface area contributed by atoms with Gasteiger partial charge in [0.1, 0.15) is 0 Å². The Hall–Kier alpha value is -1.44. The first kappa shape index (κ1) is 15.5. The molecule has 2 aromatic carbocycles. The van der Waals surface area contributed by atoms with Crippen molar-refractivity contribution in [2.45, 2.75) is 17.1 Å². The molecule has 22 heavy (non-hydrogen) atoms. The molecule has 0 unspecified atom stereocenters. The Balaban J connectivity index is 1.87. The monoisotopic (exact) mass is 339 g/mol. The fourth-order valence-corrected chi connectivity index (χ4v) is 5.58. The van der Waals surface area contributed by atoms with Gasteiger partial charge in [0.15, 0.2) is 9.84 Å². The third kappa shape index (κ3) is 2.53. The lowest BCUT2D eigenvalue weighted by Gasteiger charge is -2.37. The van der Waals surface area contributed by atoms with Gasteiger partial charge in [-0.25, -0.2) is 16.8 Å². The molecule has 0 spiro atoms. The van der Waals surface area contributed by atoms with Crippen LogP contribution in [0.25, 0.3) is 10.8 Å². The maximum absolute atomic E-state index is 12.6. The zero-order valence-electron chi connectivity index (χ0n) is 12.1. The number of hydrogen-bond donors (Lipinski definition) is 0. The van der Waals surface area contributed by atoms with Crippen molar-refractivity contribution in [1.82, 2.24) is 4.31 Å². The van der Waals surface area contributed by atoms with E-state index in [-0.39, 0.29) is 23.7 Å². The number of rotatable bonds is 4. The summed E-state index contributed by atoms with van der Waals surface area (Å²) in [5.41, 5.74) is 0. The molecular weight excluding hydrogens is 322 g/mol. The first-order valence-corrected chi connectivity index (χ1v) is 10.2. The molecule has 3 rings (SSSR count). The fraction of sp³-hybridized carbons (Fsp3) is 0.333. The lowest BCUT2D eigenvalue weighted by Crippen LogP contribution is -2.57. The third-order valence-corrected chi connectivity index (χ3v) is 8.03. The zero-order valence-corrected chi connectivity index (χ0v) is 13.8. The van der Waals surface area contributed by atoms with E-state index in [9.17, 15) is 16.8 Å². The molecule has 0 aromatic heterocycles. The van der Waals surface area contributed by atoms with E-state index in [1.165, 1.54) is 4.31 Å². The van der Waals surface area contributed by atoms with E-state index in [1.807, 2.05) is 24.3 Å². The second kappa shape index (κ2) is 5.33. The van der Waals surface area contributed by atoms with Gasteiger partial charge < -0.3 is 0 Å². The minimum absolute atomic E-state index is 0.0432. The highest BCUT2D eigenvalue weighted by Gasteiger charge is 2.42. The topological polar surface area (TPSA) is 71.5 Å². The Kier molecular flexibility index (Phi) is 3.74. The molecule has 1 aliphatic heterocycles. The standard InChI is InChI=1S/C15H17NO4S2/c1-2-21(17,18)15-10-16(11-15)22(19,20)14-8-7-12-5-3-4-6-13(12)9-14/h3-9,15H,2,10-11H2,1H3. The van der Waals surface area contributed by atoms with Crippen LogP contribution in [0.15, 0.2) is 47.4 Å². The molecule has 0 saturated carbocycles. The van der Waals surface area contributed by atoms with Gasteiger partial charge in [0, 0.05) is 18.8 Å². The van der Waals surface area contributed by atoms with E-state index in [1.54, 1.807) is 25.1 Å². The number of hydrogen-bond acceptors (Lipinski definition) is 4. The average molecular weight is 339 g/mol. The average Bonchev–Trinajstić information content (AvgIpc) is 2.44. The van der Waals surface area contributed by atoms with Crippen LogP contribution in [0, 0.1) is 0 Å². The second-order valence-corrected chi connectivity index (χ2v) is 9.91. The Morgan fingerprint density at radius 3 is 2.27 bits per heavy atom. The second-order valence-electron chi connectivity index (χ2n) is 5.40. The molecule has 118 valence electrons. The number of sulfone groups is 1. The molecular formula is C15H17NO4S2. The summed E-state index contributed by atoms with van der Waals surface area (Å²) in [6.07, 6.45) is 0. The van der Waals surface area contributed by atoms with Gasteiger partial charge in [0.05, 0.1) is 10.1 Å². The van der Waals surface area contributed by atoms with Gasteiger partial charge in [-0.2, -0.15) is 4.31 Å². The van der Waals surface area contributed by atoms with Crippen LogP contribution >= 0.6 is 0 Å². The third-order valence-electron chi connectivity index (χ3n) is 4.08. The molecule has 0 radical (unpaired) electrons. The summed E-state index contributed by atoms with van der Waals surface area (Å²) < 4.78 is 49.8. The molecule has 2 aromatic rings. The van der Waals surface area contributed by atoms with Crippen molar-refractivity contribution < 1.29 is 16.8 Å². The molecule has 0 amide bonds. The van der Waals surface area contributed by atoms with E-state index < -0.39 is 25.1 Å². The number of benzene rings is 2. The largest absolute Gasteiger partial charge is 0.243 e. The van der Waals surface area contributed by atoms with E-state index in [0.29, 0.717) is 0 Å². The Labute approximate surface area is 130 Å². The zero-order chi connectivity index (χ0) is 16.0. The molecule has 1 fully saturated rings. The first-order valence-electron chi connectivity index (χ1n) is 7.05. The van der Waals surface area contributed by atoms with Crippen LogP contribution < -0.4 is 0 Å². The smallest absolute Gasteiger partial charge is 0.228 e. The van der Waals surface area contributed by atoms with Crippen molar-refractivity contribution in [1.29, 1.82) is 0 Å². The molecule has 1 aliphatic rings. The van der Waals surface area contributed by atoms with Crippen LogP contribution in [0.1, 0.15) is 6.92 Å². The molecule has 1 saturated heterocycles. The van der Waals surface area contributed by atoms with Crippen molar-refractivity contribution in [3.05, 3.63) is 42.5 Å². The van der Waals surface area contributed by atoms with Gasteiger partial charge in [-0.3, -0.25) is 0 Å². The van der Waals surface area contributed by atoms with E-state index in [2.05, 4.69) is 0 Å². The maximum Gasteiger partial charge on any atom is 0.243 e. The summed E-state index contributed by atoms with van der Waals surface area (Å²) in [6, 6.07) is 12.5. The van der Waals surface area contributed by atoms with E-state index >= 15 is 0 Å². The minimum atomic E-state index is -3.63. The highest BCUT2D eigenvalue weighted by atomic mass is 32.2. The maximum atomic E-state index is 12.6. The SMILES string of the molecule is CCS(=O)(=O)C1CN(S(=O)(=O)c2ccc3ccccc3c2)C1. The Morgan fingerprint density at radius 1 is 1.00 bits per heavy atom. The molecule has 5 nitrogen and oxygen atoms in total. The molecule has 1 heterocycles. The highest BCUT2D eigenvalue weighted by Crippen LogP contribution is 2.27. The summed E-state index contributed by atoms with van der Waals surface area (Å²) >= 11 is 0. The Bertz CT molecular complexity index is 913. The predicted octanol–water partition coefficient (Wildman–Crippen LogP) is 1.65. The minimum Gasteiger partial charge on any atom is -0.228 e. The van der Waals surface area contributed by atoms with E-state index in [4.69, 9.17) is 0 Å². The van der Waals surface area contributed by atoms with Crippen LogP contribution in [0.3, 0.4) is 0 Å². The van der Waals surface area contributed by atoms with Gasteiger partial charge in [-0.1, -0.05) is 37.3 Å². The quantitative estimate of drug-likeness (QED) is 0.849. The van der Waals surface area contributed by atoms with Crippen LogP contribution in [-0.4, -0.2) is 45.2 Å². The van der Waals surface area contributed by atoms with Gasteiger partial charge >= 0.3 is 0 Å². The Morgan fingerprint density at radius 2 is 1.64 bits per heavy atom. The van der Waals surface area contributed by atoms with Crippen LogP contribution in [-0.2, 0) is 19.9 Å². The molecule has 0 aliphatic carbocycles. The van der Waals surface area contributed by atoms with Crippen LogP contribution in [0.2, 0.25) is 0 Å². The van der Waals surface area contributed by atoms with Crippen molar-refractivity contribution in [3.8, 4) is 0 Å². The van der Waals surface area contributed by atoms with Gasteiger partial charge in [0.2, 0.25) is 10.0 Å². The number of sulfonamides is 1. The number of fused-ring (bicyclic) bond motifs is 1. The van der Waals surface area contributed by atoms with Gasteiger partial charge in [-0.05, 0) is 22.9 Å². The van der Waals surface area contributed by atoms with E-state index in [0.717, 1.165) is 10.8 Å². The molecule has 0 bridgehead atoms. The van der Waals surface area contributed by atoms with Crippen LogP contribution in [0.5, 0.6) is 0 Å². The van der Waals surface area contributed by atoms with Gasteiger partial charge in [-0.15, -0.1) is 0 Å².